The number of urea groups is 1. The highest BCUT2D eigenvalue weighted by Gasteiger charge is 2.21. The van der Waals surface area contributed by atoms with Crippen LogP contribution in [0.4, 0.5) is 16.2 Å². The van der Waals surface area contributed by atoms with E-state index in [-0.39, 0.29) is 17.8 Å². The van der Waals surface area contributed by atoms with E-state index in [4.69, 9.17) is 0 Å². The maximum absolute atomic E-state index is 12.7. The molecule has 1 aliphatic heterocycles. The van der Waals surface area contributed by atoms with Crippen molar-refractivity contribution in [1.29, 1.82) is 0 Å². The van der Waals surface area contributed by atoms with E-state index in [1.807, 2.05) is 30.3 Å². The zero-order valence-electron chi connectivity index (χ0n) is 17.5. The van der Waals surface area contributed by atoms with Crippen molar-refractivity contribution in [2.45, 2.75) is 6.42 Å². The topological polar surface area (TPSA) is 90.5 Å². The molecule has 0 radical (unpaired) electrons. The van der Waals surface area contributed by atoms with Crippen molar-refractivity contribution in [2.75, 3.05) is 29.9 Å². The normalized spacial score (nSPS) is 12.9. The summed E-state index contributed by atoms with van der Waals surface area (Å²) in [6.45, 7) is 1.69. The van der Waals surface area contributed by atoms with Gasteiger partial charge in [-0.05, 0) is 48.4 Å². The van der Waals surface area contributed by atoms with Gasteiger partial charge in [0.2, 0.25) is 0 Å². The molecule has 1 saturated heterocycles. The van der Waals surface area contributed by atoms with E-state index in [1.54, 1.807) is 53.4 Å². The molecule has 3 aromatic carbocycles. The maximum atomic E-state index is 12.7. The van der Waals surface area contributed by atoms with Crippen LogP contribution in [-0.2, 0) is 6.42 Å². The van der Waals surface area contributed by atoms with Crippen molar-refractivity contribution in [1.82, 2.24) is 10.6 Å². The molecule has 0 atom stereocenters. The van der Waals surface area contributed by atoms with Gasteiger partial charge < -0.3 is 16.0 Å². The molecule has 1 heterocycles. The van der Waals surface area contributed by atoms with Crippen LogP contribution in [-0.4, -0.2) is 37.5 Å². The summed E-state index contributed by atoms with van der Waals surface area (Å²) >= 11 is 0. The third-order valence-electron chi connectivity index (χ3n) is 5.26. The summed E-state index contributed by atoms with van der Waals surface area (Å²) in [5.74, 6) is -0.570. The van der Waals surface area contributed by atoms with Gasteiger partial charge >= 0.3 is 6.03 Å². The number of para-hydroxylation sites is 1. The van der Waals surface area contributed by atoms with Crippen LogP contribution in [0, 0.1) is 0 Å². The second kappa shape index (κ2) is 9.78. The quantitative estimate of drug-likeness (QED) is 0.538. The molecule has 7 heteroatoms. The van der Waals surface area contributed by atoms with Crippen LogP contribution in [0.2, 0.25) is 0 Å². The fourth-order valence-electron chi connectivity index (χ4n) is 3.56. The Kier molecular flexibility index (Phi) is 6.46. The standard InChI is InChI=1S/C25H24N4O3/c30-23(19-10-12-20(13-11-19)29-17-16-27-25(29)32)28-22-9-5-4-8-21(22)24(31)26-15-14-18-6-2-1-3-7-18/h1-13H,14-17H2,(H,26,31)(H,27,32)(H,28,30). The average Bonchev–Trinajstić information content (AvgIpc) is 3.26. The lowest BCUT2D eigenvalue weighted by atomic mass is 10.1. The first-order chi connectivity index (χ1) is 15.6. The maximum Gasteiger partial charge on any atom is 0.321 e. The molecular formula is C25H24N4O3. The van der Waals surface area contributed by atoms with Gasteiger partial charge in [-0.2, -0.15) is 0 Å². The van der Waals surface area contributed by atoms with E-state index >= 15 is 0 Å². The largest absolute Gasteiger partial charge is 0.352 e. The summed E-state index contributed by atoms with van der Waals surface area (Å²) in [7, 11) is 0. The fraction of sp³-hybridized carbons (Fsp3) is 0.160. The highest BCUT2D eigenvalue weighted by atomic mass is 16.2. The first kappa shape index (κ1) is 21.1. The monoisotopic (exact) mass is 428 g/mol. The second-order valence-corrected chi connectivity index (χ2v) is 7.42. The molecule has 0 bridgehead atoms. The molecule has 32 heavy (non-hydrogen) atoms. The smallest absolute Gasteiger partial charge is 0.321 e. The molecule has 1 aliphatic rings. The third kappa shape index (κ3) is 4.95. The summed E-state index contributed by atoms with van der Waals surface area (Å²) in [6.07, 6.45) is 0.725. The Bertz CT molecular complexity index is 1110. The molecule has 0 aliphatic carbocycles. The summed E-state index contributed by atoms with van der Waals surface area (Å²) in [4.78, 5) is 38.9. The van der Waals surface area contributed by atoms with Crippen LogP contribution < -0.4 is 20.9 Å². The number of rotatable bonds is 7. The van der Waals surface area contributed by atoms with Crippen molar-refractivity contribution < 1.29 is 14.4 Å². The SMILES string of the molecule is O=C(Nc1ccccc1C(=O)NCCc1ccccc1)c1ccc(N2CCNC2=O)cc1. The van der Waals surface area contributed by atoms with E-state index in [0.29, 0.717) is 36.4 Å². The lowest BCUT2D eigenvalue weighted by molar-refractivity contribution is 0.0955. The molecule has 4 amide bonds. The van der Waals surface area contributed by atoms with E-state index in [1.165, 1.54) is 0 Å². The van der Waals surface area contributed by atoms with Crippen LogP contribution in [0.15, 0.2) is 78.9 Å². The van der Waals surface area contributed by atoms with Gasteiger partial charge in [-0.15, -0.1) is 0 Å². The summed E-state index contributed by atoms with van der Waals surface area (Å²) < 4.78 is 0. The van der Waals surface area contributed by atoms with Gasteiger partial charge in [0, 0.05) is 30.9 Å². The number of carbonyl (C=O) groups is 3. The highest BCUT2D eigenvalue weighted by molar-refractivity contribution is 6.09. The fourth-order valence-corrected chi connectivity index (χ4v) is 3.56. The minimum absolute atomic E-state index is 0.144. The van der Waals surface area contributed by atoms with Crippen molar-refractivity contribution in [3.63, 3.8) is 0 Å². The Hall–Kier alpha value is -4.13. The number of hydrogen-bond donors (Lipinski definition) is 3. The van der Waals surface area contributed by atoms with E-state index in [0.717, 1.165) is 17.7 Å². The first-order valence-corrected chi connectivity index (χ1v) is 10.5. The molecule has 1 fully saturated rings. The van der Waals surface area contributed by atoms with Crippen molar-refractivity contribution in [3.8, 4) is 0 Å². The molecule has 4 rings (SSSR count). The van der Waals surface area contributed by atoms with Crippen LogP contribution >= 0.6 is 0 Å². The minimum atomic E-state index is -0.327. The Morgan fingerprint density at radius 3 is 2.31 bits per heavy atom. The first-order valence-electron chi connectivity index (χ1n) is 10.5. The number of nitrogens with one attached hydrogen (secondary N) is 3. The zero-order valence-corrected chi connectivity index (χ0v) is 17.5. The highest BCUT2D eigenvalue weighted by Crippen LogP contribution is 2.20. The molecule has 7 nitrogen and oxygen atoms in total. The third-order valence-corrected chi connectivity index (χ3v) is 5.26. The van der Waals surface area contributed by atoms with Gasteiger partial charge in [0.15, 0.2) is 0 Å². The molecule has 0 unspecified atom stereocenters. The van der Waals surface area contributed by atoms with Gasteiger partial charge in [-0.25, -0.2) is 4.79 Å². The number of hydrogen-bond acceptors (Lipinski definition) is 3. The Morgan fingerprint density at radius 2 is 1.59 bits per heavy atom. The summed E-state index contributed by atoms with van der Waals surface area (Å²) in [5.41, 5.74) is 3.16. The van der Waals surface area contributed by atoms with E-state index in [9.17, 15) is 14.4 Å². The van der Waals surface area contributed by atoms with Gasteiger partial charge in [0.05, 0.1) is 11.3 Å². The Morgan fingerprint density at radius 1 is 0.875 bits per heavy atom. The van der Waals surface area contributed by atoms with Gasteiger partial charge in [0.25, 0.3) is 11.8 Å². The van der Waals surface area contributed by atoms with Crippen molar-refractivity contribution in [3.05, 3.63) is 95.6 Å². The predicted molar refractivity (Wildman–Crippen MR) is 124 cm³/mol. The molecule has 3 N–H and O–H groups in total. The lowest BCUT2D eigenvalue weighted by Crippen LogP contribution is -2.28. The lowest BCUT2D eigenvalue weighted by Gasteiger charge is -2.15. The zero-order chi connectivity index (χ0) is 22.3. The second-order valence-electron chi connectivity index (χ2n) is 7.42. The number of amides is 4. The Balaban J connectivity index is 1.39. The van der Waals surface area contributed by atoms with Crippen LogP contribution in [0.25, 0.3) is 0 Å². The van der Waals surface area contributed by atoms with Crippen molar-refractivity contribution >= 4 is 29.2 Å². The van der Waals surface area contributed by atoms with Crippen molar-refractivity contribution in [2.24, 2.45) is 0 Å². The number of carbonyl (C=O) groups excluding carboxylic acids is 3. The van der Waals surface area contributed by atoms with Gasteiger partial charge in [0.1, 0.15) is 0 Å². The number of nitrogens with zero attached hydrogens (tertiary/aromatic N) is 1. The average molecular weight is 428 g/mol. The van der Waals surface area contributed by atoms with Crippen LogP contribution in [0.3, 0.4) is 0 Å². The molecule has 0 saturated carbocycles. The molecule has 3 aromatic rings. The van der Waals surface area contributed by atoms with E-state index in [2.05, 4.69) is 16.0 Å². The number of anilines is 2. The van der Waals surface area contributed by atoms with Gasteiger partial charge in [-0.3, -0.25) is 14.5 Å². The number of benzene rings is 3. The summed E-state index contributed by atoms with van der Waals surface area (Å²) in [6, 6.07) is 23.5. The minimum Gasteiger partial charge on any atom is -0.352 e. The molecular weight excluding hydrogens is 404 g/mol. The molecule has 162 valence electrons. The van der Waals surface area contributed by atoms with E-state index < -0.39 is 0 Å². The summed E-state index contributed by atoms with van der Waals surface area (Å²) in [5, 5.41) is 8.48. The Labute approximate surface area is 186 Å². The molecule has 0 aromatic heterocycles. The molecule has 0 spiro atoms. The van der Waals surface area contributed by atoms with Crippen LogP contribution in [0.5, 0.6) is 0 Å². The van der Waals surface area contributed by atoms with Gasteiger partial charge in [-0.1, -0.05) is 42.5 Å². The predicted octanol–water partition coefficient (Wildman–Crippen LogP) is 3.44. The van der Waals surface area contributed by atoms with Crippen LogP contribution in [0.1, 0.15) is 26.3 Å².